The van der Waals surface area contributed by atoms with Crippen molar-refractivity contribution in [2.75, 3.05) is 0 Å². The van der Waals surface area contributed by atoms with Crippen molar-refractivity contribution in [2.24, 2.45) is 0 Å². The Hall–Kier alpha value is -0.620. The molecule has 0 spiro atoms. The van der Waals surface area contributed by atoms with Crippen molar-refractivity contribution in [1.82, 2.24) is 0 Å². The third-order valence-electron chi connectivity index (χ3n) is 2.22. The molecule has 0 atom stereocenters. The van der Waals surface area contributed by atoms with E-state index in [2.05, 4.69) is 38.5 Å². The van der Waals surface area contributed by atoms with Crippen LogP contribution in [0.2, 0.25) is 0 Å². The minimum Gasteiger partial charge on any atom is -0.489 e. The third kappa shape index (κ3) is 3.67. The lowest BCUT2D eigenvalue weighted by Crippen LogP contribution is -1.98. The molecular formula is C13H9BrFIO. The largest absolute Gasteiger partial charge is 0.489 e. The average Bonchev–Trinajstić information content (AvgIpc) is 2.32. The molecule has 0 aliphatic rings. The first-order chi connectivity index (χ1) is 8.15. The molecule has 2 rings (SSSR count). The Labute approximate surface area is 121 Å². The van der Waals surface area contributed by atoms with Crippen LogP contribution >= 0.6 is 38.5 Å². The van der Waals surface area contributed by atoms with Crippen LogP contribution in [0.4, 0.5) is 4.39 Å². The van der Waals surface area contributed by atoms with Gasteiger partial charge in [0.25, 0.3) is 0 Å². The summed E-state index contributed by atoms with van der Waals surface area (Å²) in [5, 5.41) is 0. The van der Waals surface area contributed by atoms with Crippen molar-refractivity contribution >= 4 is 38.5 Å². The molecule has 17 heavy (non-hydrogen) atoms. The molecule has 0 unspecified atom stereocenters. The van der Waals surface area contributed by atoms with Gasteiger partial charge < -0.3 is 4.74 Å². The van der Waals surface area contributed by atoms with Gasteiger partial charge >= 0.3 is 0 Å². The summed E-state index contributed by atoms with van der Waals surface area (Å²) >= 11 is 5.53. The monoisotopic (exact) mass is 406 g/mol. The van der Waals surface area contributed by atoms with Crippen LogP contribution in [0.25, 0.3) is 0 Å². The Kier molecular flexibility index (Phi) is 4.39. The standard InChI is InChI=1S/C13H9BrFIO/c14-10-1-6-13(15)9(7-10)8-17-12-4-2-11(16)3-5-12/h1-7H,8H2. The summed E-state index contributed by atoms with van der Waals surface area (Å²) in [6.45, 7) is 0.228. The molecule has 88 valence electrons. The quantitative estimate of drug-likeness (QED) is 0.667. The van der Waals surface area contributed by atoms with E-state index in [1.54, 1.807) is 12.1 Å². The zero-order chi connectivity index (χ0) is 12.3. The molecule has 0 saturated heterocycles. The van der Waals surface area contributed by atoms with Gasteiger partial charge in [0.2, 0.25) is 0 Å². The SMILES string of the molecule is Fc1ccc(Br)cc1COc1ccc(I)cc1. The lowest BCUT2D eigenvalue weighted by atomic mass is 10.2. The molecule has 2 aromatic rings. The van der Waals surface area contributed by atoms with Crippen LogP contribution in [0.3, 0.4) is 0 Å². The van der Waals surface area contributed by atoms with Gasteiger partial charge in [-0.2, -0.15) is 0 Å². The highest BCUT2D eigenvalue weighted by Gasteiger charge is 2.03. The number of halogens is 3. The molecule has 0 amide bonds. The van der Waals surface area contributed by atoms with Gasteiger partial charge in [0.15, 0.2) is 0 Å². The zero-order valence-corrected chi connectivity index (χ0v) is 12.5. The van der Waals surface area contributed by atoms with Gasteiger partial charge in [-0.3, -0.25) is 0 Å². The van der Waals surface area contributed by atoms with Crippen molar-refractivity contribution in [3.8, 4) is 5.75 Å². The van der Waals surface area contributed by atoms with Crippen LogP contribution in [0.1, 0.15) is 5.56 Å². The molecular weight excluding hydrogens is 398 g/mol. The van der Waals surface area contributed by atoms with E-state index in [0.29, 0.717) is 5.56 Å². The normalized spacial score (nSPS) is 10.3. The predicted molar refractivity (Wildman–Crippen MR) is 77.6 cm³/mol. The summed E-state index contributed by atoms with van der Waals surface area (Å²) in [5.41, 5.74) is 0.540. The van der Waals surface area contributed by atoms with Crippen LogP contribution in [-0.4, -0.2) is 0 Å². The molecule has 4 heteroatoms. The second-order valence-electron chi connectivity index (χ2n) is 3.48. The van der Waals surface area contributed by atoms with Gasteiger partial charge in [-0.25, -0.2) is 4.39 Å². The second-order valence-corrected chi connectivity index (χ2v) is 5.64. The molecule has 0 heterocycles. The fourth-order valence-electron chi connectivity index (χ4n) is 1.35. The van der Waals surface area contributed by atoms with Gasteiger partial charge in [0.05, 0.1) is 0 Å². The maximum Gasteiger partial charge on any atom is 0.129 e. The molecule has 0 radical (unpaired) electrons. The number of benzene rings is 2. The zero-order valence-electron chi connectivity index (χ0n) is 8.79. The second kappa shape index (κ2) is 5.82. The highest BCUT2D eigenvalue weighted by atomic mass is 127. The number of hydrogen-bond donors (Lipinski definition) is 0. The van der Waals surface area contributed by atoms with Crippen molar-refractivity contribution < 1.29 is 9.13 Å². The summed E-state index contributed by atoms with van der Waals surface area (Å²) in [5.74, 6) is 0.489. The Morgan fingerprint density at radius 1 is 1.12 bits per heavy atom. The molecule has 2 aromatic carbocycles. The highest BCUT2D eigenvalue weighted by molar-refractivity contribution is 14.1. The summed E-state index contributed by atoms with van der Waals surface area (Å²) in [4.78, 5) is 0. The van der Waals surface area contributed by atoms with E-state index < -0.39 is 0 Å². The van der Waals surface area contributed by atoms with E-state index in [4.69, 9.17) is 4.74 Å². The summed E-state index contributed by atoms with van der Waals surface area (Å²) in [7, 11) is 0. The number of hydrogen-bond acceptors (Lipinski definition) is 1. The summed E-state index contributed by atoms with van der Waals surface area (Å²) in [6, 6.07) is 12.5. The first kappa shape index (κ1) is 12.8. The van der Waals surface area contributed by atoms with Gasteiger partial charge in [0, 0.05) is 13.6 Å². The molecule has 0 aliphatic carbocycles. The summed E-state index contributed by atoms with van der Waals surface area (Å²) < 4.78 is 20.9. The Morgan fingerprint density at radius 2 is 1.82 bits per heavy atom. The molecule has 0 bridgehead atoms. The van der Waals surface area contributed by atoms with Crippen molar-refractivity contribution in [1.29, 1.82) is 0 Å². The molecule has 0 fully saturated rings. The maximum atomic E-state index is 13.4. The smallest absolute Gasteiger partial charge is 0.129 e. The van der Waals surface area contributed by atoms with E-state index in [1.165, 1.54) is 6.07 Å². The Bertz CT molecular complexity index is 513. The lowest BCUT2D eigenvalue weighted by molar-refractivity contribution is 0.299. The first-order valence-electron chi connectivity index (χ1n) is 4.97. The van der Waals surface area contributed by atoms with Crippen LogP contribution < -0.4 is 4.74 Å². The van der Waals surface area contributed by atoms with Gasteiger partial charge in [-0.15, -0.1) is 0 Å². The Morgan fingerprint density at radius 3 is 2.53 bits per heavy atom. The highest BCUT2D eigenvalue weighted by Crippen LogP contribution is 2.19. The topological polar surface area (TPSA) is 9.23 Å². The molecule has 0 saturated carbocycles. The minimum absolute atomic E-state index is 0.228. The fourth-order valence-corrected chi connectivity index (χ4v) is 2.11. The third-order valence-corrected chi connectivity index (χ3v) is 3.43. The lowest BCUT2D eigenvalue weighted by Gasteiger charge is -2.07. The van der Waals surface area contributed by atoms with E-state index in [0.717, 1.165) is 13.8 Å². The van der Waals surface area contributed by atoms with E-state index >= 15 is 0 Å². The molecule has 0 aliphatic heterocycles. The van der Waals surface area contributed by atoms with Crippen LogP contribution in [0.15, 0.2) is 46.9 Å². The van der Waals surface area contributed by atoms with Crippen LogP contribution in [0, 0.1) is 9.39 Å². The van der Waals surface area contributed by atoms with Gasteiger partial charge in [-0.05, 0) is 65.1 Å². The van der Waals surface area contributed by atoms with Crippen molar-refractivity contribution in [3.63, 3.8) is 0 Å². The fraction of sp³-hybridized carbons (Fsp3) is 0.0769. The van der Waals surface area contributed by atoms with Crippen molar-refractivity contribution in [2.45, 2.75) is 6.61 Å². The van der Waals surface area contributed by atoms with Crippen LogP contribution in [-0.2, 0) is 6.61 Å². The van der Waals surface area contributed by atoms with Crippen molar-refractivity contribution in [3.05, 3.63) is 61.9 Å². The molecule has 0 aromatic heterocycles. The number of rotatable bonds is 3. The predicted octanol–water partition coefficient (Wildman–Crippen LogP) is 4.77. The summed E-state index contributed by atoms with van der Waals surface area (Å²) in [6.07, 6.45) is 0. The first-order valence-corrected chi connectivity index (χ1v) is 6.84. The number of ether oxygens (including phenoxy) is 1. The molecule has 1 nitrogen and oxygen atoms in total. The minimum atomic E-state index is -0.251. The van der Waals surface area contributed by atoms with Crippen LogP contribution in [0.5, 0.6) is 5.75 Å². The van der Waals surface area contributed by atoms with E-state index in [-0.39, 0.29) is 12.4 Å². The van der Waals surface area contributed by atoms with Gasteiger partial charge in [-0.1, -0.05) is 15.9 Å². The molecule has 0 N–H and O–H groups in total. The Balaban J connectivity index is 2.07. The maximum absolute atomic E-state index is 13.4. The average molecular weight is 407 g/mol. The van der Waals surface area contributed by atoms with E-state index in [9.17, 15) is 4.39 Å². The van der Waals surface area contributed by atoms with Gasteiger partial charge in [0.1, 0.15) is 18.2 Å². The van der Waals surface area contributed by atoms with E-state index in [1.807, 2.05) is 24.3 Å².